The standard InChI is InChI=1S/C9H7BrF2O2/c10-6(9(13)14)3-5-1-2-7(11)8(12)4-5/h1-2,4,6H,3H2,(H,13,14). The van der Waals surface area contributed by atoms with Crippen LogP contribution >= 0.6 is 15.9 Å². The summed E-state index contributed by atoms with van der Waals surface area (Å²) in [5.41, 5.74) is 0.438. The molecular formula is C9H7BrF2O2. The van der Waals surface area contributed by atoms with Gasteiger partial charge in [-0.25, -0.2) is 8.78 Å². The van der Waals surface area contributed by atoms with E-state index in [1.54, 1.807) is 0 Å². The summed E-state index contributed by atoms with van der Waals surface area (Å²) in [6.07, 6.45) is 0.118. The van der Waals surface area contributed by atoms with Crippen molar-refractivity contribution in [3.05, 3.63) is 35.4 Å². The molecule has 0 saturated heterocycles. The van der Waals surface area contributed by atoms with Crippen molar-refractivity contribution in [2.75, 3.05) is 0 Å². The number of aliphatic carboxylic acids is 1. The molecule has 0 aliphatic rings. The van der Waals surface area contributed by atoms with Crippen molar-refractivity contribution in [3.8, 4) is 0 Å². The molecule has 0 aromatic heterocycles. The third-order valence-electron chi connectivity index (χ3n) is 1.67. The molecule has 1 aromatic rings. The Hall–Kier alpha value is -0.970. The normalized spacial score (nSPS) is 12.5. The van der Waals surface area contributed by atoms with E-state index in [2.05, 4.69) is 15.9 Å². The maximum Gasteiger partial charge on any atom is 0.317 e. The van der Waals surface area contributed by atoms with Gasteiger partial charge in [0.2, 0.25) is 0 Å². The van der Waals surface area contributed by atoms with E-state index >= 15 is 0 Å². The molecule has 0 saturated carbocycles. The highest BCUT2D eigenvalue weighted by atomic mass is 79.9. The molecule has 0 fully saturated rings. The van der Waals surface area contributed by atoms with Crippen LogP contribution in [-0.2, 0) is 11.2 Å². The number of rotatable bonds is 3. The van der Waals surface area contributed by atoms with Gasteiger partial charge in [-0.2, -0.15) is 0 Å². The second-order valence-electron chi connectivity index (χ2n) is 2.76. The summed E-state index contributed by atoms with van der Waals surface area (Å²) in [6, 6.07) is 3.33. The topological polar surface area (TPSA) is 37.3 Å². The Kier molecular flexibility index (Phi) is 3.57. The number of carbonyl (C=O) groups is 1. The molecule has 0 amide bonds. The molecule has 0 heterocycles. The molecule has 0 aliphatic heterocycles. The van der Waals surface area contributed by atoms with E-state index in [1.165, 1.54) is 6.07 Å². The molecule has 0 radical (unpaired) electrons. The average molecular weight is 265 g/mol. The number of hydrogen-bond acceptors (Lipinski definition) is 1. The largest absolute Gasteiger partial charge is 0.480 e. The summed E-state index contributed by atoms with van der Waals surface area (Å²) in [5.74, 6) is -2.93. The lowest BCUT2D eigenvalue weighted by atomic mass is 10.1. The Morgan fingerprint density at radius 2 is 2.07 bits per heavy atom. The minimum Gasteiger partial charge on any atom is -0.480 e. The fraction of sp³-hybridized carbons (Fsp3) is 0.222. The number of carboxylic acids is 1. The summed E-state index contributed by atoms with van der Waals surface area (Å²) < 4.78 is 25.2. The van der Waals surface area contributed by atoms with Crippen molar-refractivity contribution in [2.45, 2.75) is 11.2 Å². The second kappa shape index (κ2) is 4.50. The summed E-state index contributed by atoms with van der Waals surface area (Å²) in [6.45, 7) is 0. The Morgan fingerprint density at radius 1 is 1.43 bits per heavy atom. The van der Waals surface area contributed by atoms with Crippen LogP contribution in [0.4, 0.5) is 8.78 Å². The van der Waals surface area contributed by atoms with E-state index < -0.39 is 22.4 Å². The van der Waals surface area contributed by atoms with Gasteiger partial charge < -0.3 is 5.11 Å². The van der Waals surface area contributed by atoms with Crippen molar-refractivity contribution in [2.24, 2.45) is 0 Å². The van der Waals surface area contributed by atoms with Crippen LogP contribution in [0.25, 0.3) is 0 Å². The Balaban J connectivity index is 2.78. The first kappa shape index (κ1) is 11.1. The first-order chi connectivity index (χ1) is 6.50. The highest BCUT2D eigenvalue weighted by molar-refractivity contribution is 9.10. The highest BCUT2D eigenvalue weighted by Gasteiger charge is 2.14. The molecule has 0 spiro atoms. The molecule has 76 valence electrons. The van der Waals surface area contributed by atoms with Gasteiger partial charge >= 0.3 is 5.97 Å². The van der Waals surface area contributed by atoms with Gasteiger partial charge in [-0.05, 0) is 24.1 Å². The van der Waals surface area contributed by atoms with Crippen molar-refractivity contribution >= 4 is 21.9 Å². The number of hydrogen-bond donors (Lipinski definition) is 1. The molecule has 1 rings (SSSR count). The van der Waals surface area contributed by atoms with Crippen LogP contribution in [0, 0.1) is 11.6 Å². The van der Waals surface area contributed by atoms with Crippen LogP contribution in [0.1, 0.15) is 5.56 Å². The minimum atomic E-state index is -1.03. The first-order valence-electron chi connectivity index (χ1n) is 3.81. The van der Waals surface area contributed by atoms with Crippen LogP contribution in [0.15, 0.2) is 18.2 Å². The Morgan fingerprint density at radius 3 is 2.57 bits per heavy atom. The van der Waals surface area contributed by atoms with Crippen LogP contribution < -0.4 is 0 Å². The van der Waals surface area contributed by atoms with E-state index in [9.17, 15) is 13.6 Å². The minimum absolute atomic E-state index is 0.118. The summed E-state index contributed by atoms with van der Waals surface area (Å²) >= 11 is 2.91. The van der Waals surface area contributed by atoms with Crippen LogP contribution in [0.5, 0.6) is 0 Å². The van der Waals surface area contributed by atoms with Gasteiger partial charge in [0.15, 0.2) is 11.6 Å². The van der Waals surface area contributed by atoms with Crippen molar-refractivity contribution in [1.29, 1.82) is 0 Å². The third-order valence-corrected chi connectivity index (χ3v) is 2.38. The first-order valence-corrected chi connectivity index (χ1v) is 4.73. The SMILES string of the molecule is O=C(O)C(Br)Cc1ccc(F)c(F)c1. The molecule has 1 unspecified atom stereocenters. The average Bonchev–Trinajstić information content (AvgIpc) is 2.11. The lowest BCUT2D eigenvalue weighted by molar-refractivity contribution is -0.136. The molecule has 0 bridgehead atoms. The van der Waals surface area contributed by atoms with Gasteiger partial charge in [-0.3, -0.25) is 4.79 Å². The zero-order valence-corrected chi connectivity index (χ0v) is 8.59. The maximum atomic E-state index is 12.7. The lowest BCUT2D eigenvalue weighted by Gasteiger charge is -2.04. The Bertz CT molecular complexity index is 355. The Labute approximate surface area is 87.7 Å². The fourth-order valence-electron chi connectivity index (χ4n) is 0.961. The zero-order valence-electron chi connectivity index (χ0n) is 7.01. The quantitative estimate of drug-likeness (QED) is 0.852. The number of benzene rings is 1. The van der Waals surface area contributed by atoms with Gasteiger partial charge in [0.05, 0.1) is 0 Å². The number of carboxylic acid groups (broad SMARTS) is 1. The molecule has 1 N–H and O–H groups in total. The highest BCUT2D eigenvalue weighted by Crippen LogP contribution is 2.13. The molecule has 0 aliphatic carbocycles. The van der Waals surface area contributed by atoms with Crippen molar-refractivity contribution in [3.63, 3.8) is 0 Å². The number of halogens is 3. The van der Waals surface area contributed by atoms with Gasteiger partial charge in [0.1, 0.15) is 4.83 Å². The lowest BCUT2D eigenvalue weighted by Crippen LogP contribution is -2.15. The van der Waals surface area contributed by atoms with Crippen LogP contribution in [0.2, 0.25) is 0 Å². The van der Waals surface area contributed by atoms with Crippen molar-refractivity contribution in [1.82, 2.24) is 0 Å². The predicted octanol–water partition coefficient (Wildman–Crippen LogP) is 2.36. The van der Waals surface area contributed by atoms with Gasteiger partial charge in [-0.15, -0.1) is 0 Å². The van der Waals surface area contributed by atoms with E-state index in [1.807, 2.05) is 0 Å². The molecular weight excluding hydrogens is 258 g/mol. The van der Waals surface area contributed by atoms with Crippen molar-refractivity contribution < 1.29 is 18.7 Å². The third kappa shape index (κ3) is 2.77. The molecule has 1 atom stereocenters. The zero-order chi connectivity index (χ0) is 10.7. The predicted molar refractivity (Wildman–Crippen MR) is 50.4 cm³/mol. The maximum absolute atomic E-state index is 12.7. The van der Waals surface area contributed by atoms with E-state index in [4.69, 9.17) is 5.11 Å². The van der Waals surface area contributed by atoms with E-state index in [-0.39, 0.29) is 6.42 Å². The summed E-state index contributed by atoms with van der Waals surface area (Å²) in [4.78, 5) is 9.66. The molecule has 1 aromatic carbocycles. The summed E-state index contributed by atoms with van der Waals surface area (Å²) in [7, 11) is 0. The molecule has 5 heteroatoms. The van der Waals surface area contributed by atoms with Gasteiger partial charge in [0.25, 0.3) is 0 Å². The van der Waals surface area contributed by atoms with E-state index in [0.29, 0.717) is 5.56 Å². The second-order valence-corrected chi connectivity index (χ2v) is 3.86. The van der Waals surface area contributed by atoms with Crippen LogP contribution in [0.3, 0.4) is 0 Å². The molecule has 2 nitrogen and oxygen atoms in total. The summed E-state index contributed by atoms with van der Waals surface area (Å²) in [5, 5.41) is 8.55. The van der Waals surface area contributed by atoms with Gasteiger partial charge in [0, 0.05) is 0 Å². The van der Waals surface area contributed by atoms with Crippen LogP contribution in [-0.4, -0.2) is 15.9 Å². The molecule has 14 heavy (non-hydrogen) atoms. The fourth-order valence-corrected chi connectivity index (χ4v) is 1.33. The van der Waals surface area contributed by atoms with Gasteiger partial charge in [-0.1, -0.05) is 22.0 Å². The smallest absolute Gasteiger partial charge is 0.317 e. The van der Waals surface area contributed by atoms with E-state index in [0.717, 1.165) is 12.1 Å². The monoisotopic (exact) mass is 264 g/mol. The number of alkyl halides is 1.